The number of hydrogen-bond donors (Lipinski definition) is 3. The van der Waals surface area contributed by atoms with Gasteiger partial charge in [-0.1, -0.05) is 309 Å². The molecule has 0 heterocycles. The molecule has 358 valence electrons. The molecule has 4 nitrogen and oxygen atoms in total. The second kappa shape index (κ2) is 52.5. The number of unbranched alkanes of at least 4 members (excludes halogenated alkanes) is 45. The van der Waals surface area contributed by atoms with Crippen LogP contribution in [0.4, 0.5) is 0 Å². The molecule has 4 heteroatoms. The van der Waals surface area contributed by atoms with Crippen LogP contribution in [0.5, 0.6) is 0 Å². The van der Waals surface area contributed by atoms with E-state index in [0.29, 0.717) is 6.42 Å². The Kier molecular flexibility index (Phi) is 51.7. The Hall–Kier alpha value is -0.870. The minimum atomic E-state index is -0.833. The van der Waals surface area contributed by atoms with Crippen molar-refractivity contribution in [3.8, 4) is 0 Å². The highest BCUT2D eigenvalue weighted by atomic mass is 16.3. The topological polar surface area (TPSA) is 69.6 Å². The minimum absolute atomic E-state index is 0.0580. The third-order valence-electron chi connectivity index (χ3n) is 13.3. The van der Waals surface area contributed by atoms with Crippen LogP contribution in [0.2, 0.25) is 0 Å². The SMILES string of the molecule is CCCCCCCCCCCC/C=C/[C@@H](O)[C@H](CO)NC(=O)CCCCCCCCCCCCCCCCCCCCCCCCCCCCCCCCCCCCCC. The second-order valence-electron chi connectivity index (χ2n) is 19.4. The average molecular weight is 847 g/mol. The Morgan fingerprint density at radius 3 is 0.867 bits per heavy atom. The van der Waals surface area contributed by atoms with Gasteiger partial charge in [-0.2, -0.15) is 0 Å². The summed E-state index contributed by atoms with van der Waals surface area (Å²) in [6.07, 6.45) is 68.2. The van der Waals surface area contributed by atoms with Gasteiger partial charge in [-0.3, -0.25) is 4.79 Å². The molecule has 0 fully saturated rings. The average Bonchev–Trinajstić information content (AvgIpc) is 3.25. The zero-order chi connectivity index (χ0) is 43.5. The summed E-state index contributed by atoms with van der Waals surface area (Å²) < 4.78 is 0. The summed E-state index contributed by atoms with van der Waals surface area (Å²) in [5, 5.41) is 23.0. The summed E-state index contributed by atoms with van der Waals surface area (Å²) in [5.74, 6) is -0.0580. The van der Waals surface area contributed by atoms with Gasteiger partial charge in [-0.05, 0) is 19.3 Å². The number of allylic oxidation sites excluding steroid dienone is 1. The van der Waals surface area contributed by atoms with E-state index in [2.05, 4.69) is 19.2 Å². The first-order valence-electron chi connectivity index (χ1n) is 27.9. The first kappa shape index (κ1) is 59.1. The highest BCUT2D eigenvalue weighted by molar-refractivity contribution is 5.76. The van der Waals surface area contributed by atoms with Crippen molar-refractivity contribution in [2.45, 2.75) is 334 Å². The van der Waals surface area contributed by atoms with Gasteiger partial charge in [0.05, 0.1) is 18.8 Å². The van der Waals surface area contributed by atoms with Gasteiger partial charge in [0.2, 0.25) is 5.91 Å². The molecule has 0 aromatic rings. The molecule has 0 unspecified atom stereocenters. The Balaban J connectivity index is 3.34. The fourth-order valence-corrected chi connectivity index (χ4v) is 9.01. The molecule has 0 saturated carbocycles. The van der Waals surface area contributed by atoms with Crippen molar-refractivity contribution in [1.82, 2.24) is 5.32 Å². The van der Waals surface area contributed by atoms with Crippen LogP contribution < -0.4 is 5.32 Å². The van der Waals surface area contributed by atoms with Crippen molar-refractivity contribution >= 4 is 5.91 Å². The van der Waals surface area contributed by atoms with E-state index in [1.165, 1.54) is 276 Å². The van der Waals surface area contributed by atoms with Gasteiger partial charge in [-0.25, -0.2) is 0 Å². The highest BCUT2D eigenvalue weighted by Gasteiger charge is 2.18. The quantitative estimate of drug-likeness (QED) is 0.0422. The van der Waals surface area contributed by atoms with Gasteiger partial charge in [0, 0.05) is 6.42 Å². The van der Waals surface area contributed by atoms with Gasteiger partial charge in [-0.15, -0.1) is 0 Å². The van der Waals surface area contributed by atoms with Gasteiger partial charge in [0.1, 0.15) is 0 Å². The Morgan fingerprint density at radius 2 is 0.617 bits per heavy atom. The van der Waals surface area contributed by atoms with E-state index >= 15 is 0 Å². The first-order valence-corrected chi connectivity index (χ1v) is 27.9. The zero-order valence-electron chi connectivity index (χ0n) is 41.3. The van der Waals surface area contributed by atoms with Crippen molar-refractivity contribution in [3.63, 3.8) is 0 Å². The highest BCUT2D eigenvalue weighted by Crippen LogP contribution is 2.18. The Morgan fingerprint density at radius 1 is 0.383 bits per heavy atom. The lowest BCUT2D eigenvalue weighted by atomic mass is 10.0. The van der Waals surface area contributed by atoms with Crippen LogP contribution in [0.25, 0.3) is 0 Å². The van der Waals surface area contributed by atoms with E-state index in [9.17, 15) is 15.0 Å². The van der Waals surface area contributed by atoms with Crippen molar-refractivity contribution in [3.05, 3.63) is 12.2 Å². The van der Waals surface area contributed by atoms with Crippen LogP contribution in [0.1, 0.15) is 322 Å². The van der Waals surface area contributed by atoms with Crippen LogP contribution in [0, 0.1) is 0 Å². The summed E-state index contributed by atoms with van der Waals surface area (Å²) in [4.78, 5) is 12.4. The van der Waals surface area contributed by atoms with E-state index in [4.69, 9.17) is 0 Å². The molecule has 0 radical (unpaired) electrons. The molecule has 0 bridgehead atoms. The van der Waals surface area contributed by atoms with Crippen molar-refractivity contribution in [1.29, 1.82) is 0 Å². The molecule has 0 spiro atoms. The molecule has 2 atom stereocenters. The van der Waals surface area contributed by atoms with Crippen molar-refractivity contribution in [2.75, 3.05) is 6.61 Å². The number of amides is 1. The normalized spacial score (nSPS) is 12.8. The van der Waals surface area contributed by atoms with E-state index in [-0.39, 0.29) is 12.5 Å². The largest absolute Gasteiger partial charge is 0.394 e. The number of rotatable bonds is 52. The van der Waals surface area contributed by atoms with Crippen LogP contribution in [0.3, 0.4) is 0 Å². The first-order chi connectivity index (χ1) is 29.7. The van der Waals surface area contributed by atoms with Crippen LogP contribution in [0.15, 0.2) is 12.2 Å². The summed E-state index contributed by atoms with van der Waals surface area (Å²) in [5.41, 5.74) is 0. The third kappa shape index (κ3) is 48.2. The number of carbonyl (C=O) groups excluding carboxylic acids is 1. The van der Waals surface area contributed by atoms with E-state index in [0.717, 1.165) is 25.7 Å². The van der Waals surface area contributed by atoms with Gasteiger partial charge >= 0.3 is 0 Å². The molecular weight excluding hydrogens is 735 g/mol. The minimum Gasteiger partial charge on any atom is -0.394 e. The maximum absolute atomic E-state index is 12.4. The molecule has 0 rings (SSSR count). The predicted molar refractivity (Wildman–Crippen MR) is 267 cm³/mol. The lowest BCUT2D eigenvalue weighted by Crippen LogP contribution is -2.45. The van der Waals surface area contributed by atoms with Crippen molar-refractivity contribution < 1.29 is 15.0 Å². The summed E-state index contributed by atoms with van der Waals surface area (Å²) in [7, 11) is 0. The molecule has 0 saturated heterocycles. The molecule has 0 aliphatic rings. The van der Waals surface area contributed by atoms with E-state index in [1.807, 2.05) is 6.08 Å². The number of hydrogen-bond acceptors (Lipinski definition) is 3. The zero-order valence-corrected chi connectivity index (χ0v) is 41.3. The molecule has 0 aliphatic carbocycles. The summed E-state index contributed by atoms with van der Waals surface area (Å²) in [6, 6.07) is -0.616. The van der Waals surface area contributed by atoms with E-state index in [1.54, 1.807) is 6.08 Å². The van der Waals surface area contributed by atoms with Crippen molar-refractivity contribution in [2.24, 2.45) is 0 Å². The Labute approximate surface area is 377 Å². The van der Waals surface area contributed by atoms with Gasteiger partial charge < -0.3 is 15.5 Å². The molecule has 0 aliphatic heterocycles. The predicted octanol–water partition coefficient (Wildman–Crippen LogP) is 18.1. The molecule has 1 amide bonds. The Bertz CT molecular complexity index is 829. The maximum Gasteiger partial charge on any atom is 0.220 e. The smallest absolute Gasteiger partial charge is 0.220 e. The standard InChI is InChI=1S/C56H111NO3/c1-3-5-7-9-11-13-15-17-18-19-20-21-22-23-24-25-26-27-28-29-30-31-32-33-34-35-36-37-38-39-40-42-44-46-48-50-52-56(60)57-54(53-58)55(59)51-49-47-45-43-41-16-14-12-10-8-6-4-2/h49,51,54-55,58-59H,3-48,50,52-53H2,1-2H3,(H,57,60)/b51-49+/t54-,55+/m0/s1. The molecule has 0 aromatic heterocycles. The maximum atomic E-state index is 12.4. The number of carbonyl (C=O) groups is 1. The lowest BCUT2D eigenvalue weighted by Gasteiger charge is -2.20. The van der Waals surface area contributed by atoms with Crippen LogP contribution in [-0.2, 0) is 4.79 Å². The molecular formula is C56H111NO3. The lowest BCUT2D eigenvalue weighted by molar-refractivity contribution is -0.123. The molecule has 0 aromatic carbocycles. The number of aliphatic hydroxyl groups excluding tert-OH is 2. The fourth-order valence-electron chi connectivity index (χ4n) is 9.01. The van der Waals surface area contributed by atoms with Crippen LogP contribution >= 0.6 is 0 Å². The van der Waals surface area contributed by atoms with Gasteiger partial charge in [0.25, 0.3) is 0 Å². The summed E-state index contributed by atoms with van der Waals surface area (Å²) in [6.45, 7) is 4.33. The fraction of sp³-hybridized carbons (Fsp3) is 0.946. The molecule has 3 N–H and O–H groups in total. The number of nitrogens with one attached hydrogen (secondary N) is 1. The molecule has 60 heavy (non-hydrogen) atoms. The number of aliphatic hydroxyl groups is 2. The van der Waals surface area contributed by atoms with Gasteiger partial charge in [0.15, 0.2) is 0 Å². The monoisotopic (exact) mass is 846 g/mol. The summed E-state index contributed by atoms with van der Waals surface area (Å²) >= 11 is 0. The third-order valence-corrected chi connectivity index (χ3v) is 13.3. The van der Waals surface area contributed by atoms with Crippen LogP contribution in [-0.4, -0.2) is 34.9 Å². The van der Waals surface area contributed by atoms with E-state index < -0.39 is 12.1 Å². The second-order valence-corrected chi connectivity index (χ2v) is 19.4.